The van der Waals surface area contributed by atoms with Crippen molar-refractivity contribution in [1.29, 1.82) is 0 Å². The summed E-state index contributed by atoms with van der Waals surface area (Å²) >= 11 is 1.54. The van der Waals surface area contributed by atoms with Crippen LogP contribution in [0.4, 0.5) is 5.00 Å². The van der Waals surface area contributed by atoms with Crippen molar-refractivity contribution in [3.05, 3.63) is 122 Å². The molecule has 12 heteroatoms. The number of carbonyl (C=O) groups is 5. The number of nitrogens with one attached hydrogen (secondary N) is 2. The van der Waals surface area contributed by atoms with E-state index in [-0.39, 0.29) is 41.7 Å². The first-order chi connectivity index (χ1) is 29.6. The minimum atomic E-state index is -0.376. The molecule has 61 heavy (non-hydrogen) atoms. The van der Waals surface area contributed by atoms with Crippen LogP contribution in [0, 0.1) is 5.92 Å². The van der Waals surface area contributed by atoms with Crippen LogP contribution in [0.3, 0.4) is 0 Å². The van der Waals surface area contributed by atoms with Crippen molar-refractivity contribution in [1.82, 2.24) is 15.1 Å². The fraction of sp³-hybridized carbons (Fsp3) is 0.449. The number of aryl methyl sites for hydroxylation is 2. The fourth-order valence-corrected chi connectivity index (χ4v) is 10.5. The van der Waals surface area contributed by atoms with Crippen LogP contribution in [-0.2, 0) is 46.6 Å². The Balaban J connectivity index is 0.994. The van der Waals surface area contributed by atoms with Crippen LogP contribution < -0.4 is 10.6 Å². The molecule has 1 saturated carbocycles. The summed E-state index contributed by atoms with van der Waals surface area (Å²) in [5.41, 5.74) is 6.54. The second kappa shape index (κ2) is 20.5. The van der Waals surface area contributed by atoms with E-state index in [1.54, 1.807) is 30.4 Å². The Morgan fingerprint density at radius 1 is 0.721 bits per heavy atom. The third-order valence-corrected chi connectivity index (χ3v) is 14.0. The highest BCUT2D eigenvalue weighted by atomic mass is 32.1. The highest BCUT2D eigenvalue weighted by Gasteiger charge is 2.30. The third kappa shape index (κ3) is 11.1. The summed E-state index contributed by atoms with van der Waals surface area (Å²) in [7, 11) is 2.76. The van der Waals surface area contributed by atoms with E-state index in [0.717, 1.165) is 93.7 Å². The van der Waals surface area contributed by atoms with E-state index in [9.17, 15) is 24.0 Å². The molecule has 2 N–H and O–H groups in total. The smallest absolute Gasteiger partial charge is 0.337 e. The summed E-state index contributed by atoms with van der Waals surface area (Å²) in [6.07, 6.45) is 11.5. The molecule has 2 heterocycles. The number of methoxy groups -OCH3 is 2. The molecule has 7 rings (SSSR count). The zero-order valence-corrected chi connectivity index (χ0v) is 36.5. The number of anilines is 1. The Hall–Kier alpha value is -5.33. The molecule has 0 bridgehead atoms. The number of piperidine rings is 1. The summed E-state index contributed by atoms with van der Waals surface area (Å²) in [4.78, 5) is 69.6. The van der Waals surface area contributed by atoms with E-state index < -0.39 is 0 Å². The molecule has 3 aliphatic rings. The van der Waals surface area contributed by atoms with Crippen molar-refractivity contribution in [3.63, 3.8) is 0 Å². The standard InChI is InChI=1S/C49H58N4O7S/c1-32(54)52-27-25-41(26-28-52)53(30-35-15-21-38(22-16-35)49(58)60-3)31-36-7-6-8-39(29-36)45(55)51-47-44(42-9-4-5-10-43(42)61-47)46(56)50-40-23-17-34(18-24-40)12-11-33-13-19-37(20-14-33)48(57)59-2/h6-8,13-16,19-22,29,34,40-41H,4-5,9-12,17-18,23-28,30-31H2,1-3H3,(H,50,56)(H,51,55). The predicted octanol–water partition coefficient (Wildman–Crippen LogP) is 8.39. The summed E-state index contributed by atoms with van der Waals surface area (Å²) in [6, 6.07) is 23.1. The number of carbonyl (C=O) groups excluding carboxylic acids is 5. The van der Waals surface area contributed by atoms with E-state index >= 15 is 0 Å². The lowest BCUT2D eigenvalue weighted by atomic mass is 9.82. The number of rotatable bonds is 14. The summed E-state index contributed by atoms with van der Waals surface area (Å²) in [6.45, 7) is 4.24. The van der Waals surface area contributed by atoms with E-state index in [0.29, 0.717) is 59.4 Å². The van der Waals surface area contributed by atoms with Gasteiger partial charge in [0.1, 0.15) is 5.00 Å². The molecule has 4 aromatic rings. The Labute approximate surface area is 363 Å². The molecule has 0 unspecified atom stereocenters. The van der Waals surface area contributed by atoms with Gasteiger partial charge in [-0.3, -0.25) is 19.3 Å². The number of esters is 2. The Bertz CT molecular complexity index is 2180. The Kier molecular flexibility index (Phi) is 14.7. The van der Waals surface area contributed by atoms with Gasteiger partial charge in [-0.05, 0) is 142 Å². The number of thiophene rings is 1. The quantitative estimate of drug-likeness (QED) is 0.121. The number of hydrogen-bond acceptors (Lipinski definition) is 9. The van der Waals surface area contributed by atoms with Crippen LogP contribution in [0.2, 0.25) is 0 Å². The number of benzene rings is 3. The minimum Gasteiger partial charge on any atom is -0.465 e. The van der Waals surface area contributed by atoms with Gasteiger partial charge in [0.05, 0.1) is 30.9 Å². The molecule has 0 radical (unpaired) electrons. The van der Waals surface area contributed by atoms with Crippen LogP contribution in [0.15, 0.2) is 72.8 Å². The van der Waals surface area contributed by atoms with E-state index in [1.165, 1.54) is 24.7 Å². The van der Waals surface area contributed by atoms with Crippen LogP contribution >= 0.6 is 11.3 Å². The Morgan fingerprint density at radius 3 is 1.98 bits per heavy atom. The topological polar surface area (TPSA) is 134 Å². The van der Waals surface area contributed by atoms with Crippen LogP contribution in [0.1, 0.15) is 133 Å². The molecule has 0 atom stereocenters. The maximum Gasteiger partial charge on any atom is 0.337 e. The molecule has 2 aliphatic carbocycles. The first-order valence-electron chi connectivity index (χ1n) is 21.8. The maximum atomic E-state index is 14.1. The van der Waals surface area contributed by atoms with Crippen molar-refractivity contribution in [3.8, 4) is 0 Å². The van der Waals surface area contributed by atoms with E-state index in [2.05, 4.69) is 15.5 Å². The second-order valence-electron chi connectivity index (χ2n) is 16.8. The van der Waals surface area contributed by atoms with Gasteiger partial charge in [-0.25, -0.2) is 9.59 Å². The van der Waals surface area contributed by atoms with E-state index in [1.807, 2.05) is 65.6 Å². The molecule has 0 spiro atoms. The highest BCUT2D eigenvalue weighted by Crippen LogP contribution is 2.39. The zero-order valence-electron chi connectivity index (χ0n) is 35.6. The summed E-state index contributed by atoms with van der Waals surface area (Å²) in [5, 5.41) is 7.17. The first-order valence-corrected chi connectivity index (χ1v) is 22.6. The number of fused-ring (bicyclic) bond motifs is 1. The summed E-state index contributed by atoms with van der Waals surface area (Å²) < 4.78 is 9.70. The fourth-order valence-electron chi connectivity index (χ4n) is 9.22. The average molecular weight is 847 g/mol. The molecule has 1 aromatic heterocycles. The number of ether oxygens (including phenoxy) is 2. The largest absolute Gasteiger partial charge is 0.465 e. The summed E-state index contributed by atoms with van der Waals surface area (Å²) in [5.74, 6) is -0.364. The number of likely N-dealkylation sites (tertiary alicyclic amines) is 1. The van der Waals surface area contributed by atoms with Crippen molar-refractivity contribution in [2.75, 3.05) is 32.6 Å². The van der Waals surface area contributed by atoms with Crippen LogP contribution in [-0.4, -0.2) is 78.9 Å². The normalized spacial score (nSPS) is 17.9. The monoisotopic (exact) mass is 846 g/mol. The van der Waals surface area contributed by atoms with Gasteiger partial charge in [0.2, 0.25) is 5.91 Å². The first kappa shape index (κ1) is 43.7. The molecule has 1 saturated heterocycles. The van der Waals surface area contributed by atoms with Crippen molar-refractivity contribution < 1.29 is 33.4 Å². The van der Waals surface area contributed by atoms with Gasteiger partial charge >= 0.3 is 11.9 Å². The van der Waals surface area contributed by atoms with Crippen LogP contribution in [0.25, 0.3) is 0 Å². The van der Waals surface area contributed by atoms with Gasteiger partial charge in [-0.1, -0.05) is 36.4 Å². The van der Waals surface area contributed by atoms with Crippen molar-refractivity contribution >= 4 is 46.0 Å². The molecule has 1 aliphatic heterocycles. The van der Waals surface area contributed by atoms with Gasteiger partial charge in [0.15, 0.2) is 0 Å². The van der Waals surface area contributed by atoms with Gasteiger partial charge in [0.25, 0.3) is 11.8 Å². The van der Waals surface area contributed by atoms with Crippen molar-refractivity contribution in [2.24, 2.45) is 5.92 Å². The van der Waals surface area contributed by atoms with Crippen molar-refractivity contribution in [2.45, 2.75) is 109 Å². The molecule has 322 valence electrons. The number of amides is 3. The molecular formula is C49H58N4O7S. The van der Waals surface area contributed by atoms with Gasteiger partial charge in [0, 0.05) is 55.6 Å². The number of hydrogen-bond donors (Lipinski definition) is 2. The molecular weight excluding hydrogens is 789 g/mol. The Morgan fingerprint density at radius 2 is 1.34 bits per heavy atom. The lowest BCUT2D eigenvalue weighted by molar-refractivity contribution is -0.130. The number of nitrogens with zero attached hydrogens (tertiary/aromatic N) is 2. The van der Waals surface area contributed by atoms with Gasteiger partial charge < -0.3 is 25.0 Å². The van der Waals surface area contributed by atoms with Gasteiger partial charge in [-0.2, -0.15) is 0 Å². The average Bonchev–Trinajstić information content (AvgIpc) is 3.66. The molecule has 11 nitrogen and oxygen atoms in total. The lowest BCUT2D eigenvalue weighted by Gasteiger charge is -2.38. The maximum absolute atomic E-state index is 14.1. The zero-order chi connectivity index (χ0) is 42.9. The van der Waals surface area contributed by atoms with E-state index in [4.69, 9.17) is 9.47 Å². The predicted molar refractivity (Wildman–Crippen MR) is 237 cm³/mol. The molecule has 3 aromatic carbocycles. The lowest BCUT2D eigenvalue weighted by Crippen LogP contribution is -2.45. The third-order valence-electron chi connectivity index (χ3n) is 12.8. The van der Waals surface area contributed by atoms with Crippen LogP contribution in [0.5, 0.6) is 0 Å². The van der Waals surface area contributed by atoms with Gasteiger partial charge in [-0.15, -0.1) is 11.3 Å². The highest BCUT2D eigenvalue weighted by molar-refractivity contribution is 7.17. The minimum absolute atomic E-state index is 0.0888. The molecule has 3 amide bonds. The SMILES string of the molecule is COC(=O)c1ccc(CCC2CCC(NC(=O)c3c(NC(=O)c4cccc(CN(Cc5ccc(C(=O)OC)cc5)C5CCN(C(C)=O)CC5)c4)sc4c3CCCC4)CC2)cc1. The molecule has 2 fully saturated rings. The second-order valence-corrected chi connectivity index (χ2v) is 17.9.